The van der Waals surface area contributed by atoms with Crippen LogP contribution in [-0.2, 0) is 9.53 Å². The predicted octanol–water partition coefficient (Wildman–Crippen LogP) is 2.13. The van der Waals surface area contributed by atoms with Gasteiger partial charge in [-0.2, -0.15) is 0 Å². The molecule has 0 bridgehead atoms. The molecule has 1 unspecified atom stereocenters. The van der Waals surface area contributed by atoms with Gasteiger partial charge in [0.15, 0.2) is 0 Å². The maximum atomic E-state index is 11.6. The van der Waals surface area contributed by atoms with Crippen LogP contribution in [0.3, 0.4) is 0 Å². The van der Waals surface area contributed by atoms with E-state index in [1.54, 1.807) is 18.2 Å². The lowest BCUT2D eigenvalue weighted by molar-refractivity contribution is -0.141. The Labute approximate surface area is 96.1 Å². The molecular formula is C13H18O3. The fourth-order valence-corrected chi connectivity index (χ4v) is 1.41. The standard InChI is InChI=1S/C13H18O3/c1-3-4-10-16-12(14)11(2)13(15)8-6-5-7-9-13/h5-8,15H,2-4,9-10H2,1H3. The Hall–Kier alpha value is -1.35. The number of hydrogen-bond donors (Lipinski definition) is 1. The summed E-state index contributed by atoms with van der Waals surface area (Å²) in [6.45, 7) is 6.02. The lowest BCUT2D eigenvalue weighted by Gasteiger charge is -2.26. The Morgan fingerprint density at radius 2 is 2.31 bits per heavy atom. The Morgan fingerprint density at radius 3 is 2.88 bits per heavy atom. The molecule has 0 saturated heterocycles. The molecule has 0 aliphatic heterocycles. The molecule has 3 nitrogen and oxygen atoms in total. The van der Waals surface area contributed by atoms with Crippen LogP contribution < -0.4 is 0 Å². The second-order valence-corrected chi connectivity index (χ2v) is 3.88. The highest BCUT2D eigenvalue weighted by atomic mass is 16.5. The van der Waals surface area contributed by atoms with Gasteiger partial charge in [0.25, 0.3) is 0 Å². The quantitative estimate of drug-likeness (QED) is 0.440. The molecule has 0 heterocycles. The van der Waals surface area contributed by atoms with E-state index in [0.717, 1.165) is 12.8 Å². The van der Waals surface area contributed by atoms with Gasteiger partial charge in [0.2, 0.25) is 0 Å². The minimum atomic E-state index is -1.28. The zero-order valence-corrected chi connectivity index (χ0v) is 9.61. The fraction of sp³-hybridized carbons (Fsp3) is 0.462. The predicted molar refractivity (Wildman–Crippen MR) is 62.9 cm³/mol. The lowest BCUT2D eigenvalue weighted by atomic mass is 9.88. The molecule has 1 atom stereocenters. The summed E-state index contributed by atoms with van der Waals surface area (Å²) in [5, 5.41) is 10.1. The topological polar surface area (TPSA) is 46.5 Å². The lowest BCUT2D eigenvalue weighted by Crippen LogP contribution is -2.33. The van der Waals surface area contributed by atoms with Crippen molar-refractivity contribution >= 4 is 5.97 Å². The van der Waals surface area contributed by atoms with Gasteiger partial charge in [-0.1, -0.05) is 38.2 Å². The van der Waals surface area contributed by atoms with Crippen molar-refractivity contribution in [2.24, 2.45) is 0 Å². The Kier molecular flexibility index (Phi) is 4.50. The SMILES string of the molecule is C=C(C(=O)OCCCC)C1(O)C=CC=CC1. The van der Waals surface area contributed by atoms with Crippen molar-refractivity contribution < 1.29 is 14.6 Å². The molecule has 3 heteroatoms. The van der Waals surface area contributed by atoms with Crippen molar-refractivity contribution in [2.75, 3.05) is 6.61 Å². The average Bonchev–Trinajstić information content (AvgIpc) is 2.29. The third-order valence-electron chi connectivity index (χ3n) is 2.55. The van der Waals surface area contributed by atoms with Crippen LogP contribution in [0.5, 0.6) is 0 Å². The number of carbonyl (C=O) groups excluding carboxylic acids is 1. The highest BCUT2D eigenvalue weighted by Gasteiger charge is 2.32. The van der Waals surface area contributed by atoms with Crippen molar-refractivity contribution in [1.29, 1.82) is 0 Å². The Morgan fingerprint density at radius 1 is 1.56 bits per heavy atom. The number of rotatable bonds is 5. The van der Waals surface area contributed by atoms with Gasteiger partial charge < -0.3 is 9.84 Å². The number of ether oxygens (including phenoxy) is 1. The molecule has 0 saturated carbocycles. The second kappa shape index (κ2) is 5.66. The van der Waals surface area contributed by atoms with Crippen molar-refractivity contribution in [3.8, 4) is 0 Å². The van der Waals surface area contributed by atoms with Crippen LogP contribution in [0.1, 0.15) is 26.2 Å². The maximum absolute atomic E-state index is 11.6. The molecule has 0 aromatic carbocycles. The molecule has 0 amide bonds. The van der Waals surface area contributed by atoms with E-state index < -0.39 is 11.6 Å². The third-order valence-corrected chi connectivity index (χ3v) is 2.55. The van der Waals surface area contributed by atoms with Crippen LogP contribution in [0.4, 0.5) is 0 Å². The first-order chi connectivity index (χ1) is 7.60. The Balaban J connectivity index is 2.53. The molecule has 1 aliphatic rings. The van der Waals surface area contributed by atoms with Gasteiger partial charge in [-0.15, -0.1) is 0 Å². The number of unbranched alkanes of at least 4 members (excludes halogenated alkanes) is 1. The van der Waals surface area contributed by atoms with E-state index in [4.69, 9.17) is 4.74 Å². The van der Waals surface area contributed by atoms with E-state index in [9.17, 15) is 9.90 Å². The number of allylic oxidation sites excluding steroid dienone is 2. The van der Waals surface area contributed by atoms with Gasteiger partial charge in [-0.3, -0.25) is 0 Å². The van der Waals surface area contributed by atoms with Crippen molar-refractivity contribution in [3.05, 3.63) is 36.5 Å². The molecule has 1 rings (SSSR count). The summed E-state index contributed by atoms with van der Waals surface area (Å²) in [5.41, 5.74) is -1.18. The van der Waals surface area contributed by atoms with Crippen LogP contribution in [0.2, 0.25) is 0 Å². The number of hydrogen-bond acceptors (Lipinski definition) is 3. The molecule has 0 aromatic rings. The van der Waals surface area contributed by atoms with E-state index >= 15 is 0 Å². The van der Waals surface area contributed by atoms with Crippen LogP contribution in [0.15, 0.2) is 36.5 Å². The molecule has 0 radical (unpaired) electrons. The van der Waals surface area contributed by atoms with Crippen molar-refractivity contribution in [3.63, 3.8) is 0 Å². The fourth-order valence-electron chi connectivity index (χ4n) is 1.41. The molecule has 0 fully saturated rings. The largest absolute Gasteiger partial charge is 0.462 e. The summed E-state index contributed by atoms with van der Waals surface area (Å²) in [4.78, 5) is 11.6. The minimum Gasteiger partial charge on any atom is -0.462 e. The van der Waals surface area contributed by atoms with Gasteiger partial charge >= 0.3 is 5.97 Å². The van der Waals surface area contributed by atoms with Crippen LogP contribution in [0, 0.1) is 0 Å². The summed E-state index contributed by atoms with van der Waals surface area (Å²) in [6.07, 6.45) is 9.05. The molecule has 1 N–H and O–H groups in total. The van der Waals surface area contributed by atoms with Gasteiger partial charge in [-0.25, -0.2) is 4.79 Å². The molecule has 88 valence electrons. The first-order valence-corrected chi connectivity index (χ1v) is 5.53. The molecular weight excluding hydrogens is 204 g/mol. The smallest absolute Gasteiger partial charge is 0.336 e. The highest BCUT2D eigenvalue weighted by molar-refractivity contribution is 5.90. The summed E-state index contributed by atoms with van der Waals surface area (Å²) < 4.78 is 5.01. The number of carbonyl (C=O) groups is 1. The summed E-state index contributed by atoms with van der Waals surface area (Å²) in [5.74, 6) is -0.518. The second-order valence-electron chi connectivity index (χ2n) is 3.88. The van der Waals surface area contributed by atoms with Crippen LogP contribution in [-0.4, -0.2) is 23.3 Å². The summed E-state index contributed by atoms with van der Waals surface area (Å²) in [6, 6.07) is 0. The third kappa shape index (κ3) is 3.07. The zero-order valence-electron chi connectivity index (χ0n) is 9.61. The summed E-state index contributed by atoms with van der Waals surface area (Å²) in [7, 11) is 0. The zero-order chi connectivity index (χ0) is 12.0. The van der Waals surface area contributed by atoms with Gasteiger partial charge in [0.05, 0.1) is 12.2 Å². The first kappa shape index (κ1) is 12.7. The number of esters is 1. The molecule has 0 aromatic heterocycles. The normalized spacial score (nSPS) is 23.1. The first-order valence-electron chi connectivity index (χ1n) is 5.53. The van der Waals surface area contributed by atoms with Crippen LogP contribution in [0.25, 0.3) is 0 Å². The average molecular weight is 222 g/mol. The molecule has 16 heavy (non-hydrogen) atoms. The molecule has 1 aliphatic carbocycles. The van der Waals surface area contributed by atoms with E-state index in [-0.39, 0.29) is 5.57 Å². The van der Waals surface area contributed by atoms with Gasteiger partial charge in [-0.05, 0) is 12.5 Å². The number of aliphatic hydroxyl groups is 1. The van der Waals surface area contributed by atoms with Crippen molar-refractivity contribution in [2.45, 2.75) is 31.8 Å². The van der Waals surface area contributed by atoms with Gasteiger partial charge in [0, 0.05) is 6.42 Å². The molecule has 0 spiro atoms. The maximum Gasteiger partial charge on any atom is 0.336 e. The van der Waals surface area contributed by atoms with Crippen molar-refractivity contribution in [1.82, 2.24) is 0 Å². The monoisotopic (exact) mass is 222 g/mol. The Bertz CT molecular complexity index is 328. The van der Waals surface area contributed by atoms with Crippen LogP contribution >= 0.6 is 0 Å². The van der Waals surface area contributed by atoms with Gasteiger partial charge in [0.1, 0.15) is 5.60 Å². The van der Waals surface area contributed by atoms with E-state index in [0.29, 0.717) is 13.0 Å². The summed E-state index contributed by atoms with van der Waals surface area (Å²) >= 11 is 0. The van der Waals surface area contributed by atoms with E-state index in [2.05, 4.69) is 6.58 Å². The minimum absolute atomic E-state index is 0.101. The van der Waals surface area contributed by atoms with E-state index in [1.807, 2.05) is 13.0 Å². The van der Waals surface area contributed by atoms with E-state index in [1.165, 1.54) is 0 Å². The highest BCUT2D eigenvalue weighted by Crippen LogP contribution is 2.25.